The summed E-state index contributed by atoms with van der Waals surface area (Å²) in [6.45, 7) is 2.11. The van der Waals surface area contributed by atoms with Crippen molar-refractivity contribution in [3.63, 3.8) is 0 Å². The van der Waals surface area contributed by atoms with Gasteiger partial charge in [0.2, 0.25) is 0 Å². The molecule has 0 saturated carbocycles. The summed E-state index contributed by atoms with van der Waals surface area (Å²) in [4.78, 5) is 4.11. The molecule has 1 heteroatoms. The van der Waals surface area contributed by atoms with Crippen LogP contribution in [-0.2, 0) is 0 Å². The molecule has 0 aliphatic rings. The second-order valence-electron chi connectivity index (χ2n) is 5.07. The minimum atomic E-state index is 1.18. The van der Waals surface area contributed by atoms with Gasteiger partial charge in [0.15, 0.2) is 0 Å². The molecule has 0 saturated heterocycles. The molecule has 0 bridgehead atoms. The van der Waals surface area contributed by atoms with Gasteiger partial charge in [0, 0.05) is 12.4 Å². The molecule has 0 aliphatic carbocycles. The lowest BCUT2D eigenvalue weighted by molar-refractivity contribution is 1.32. The first kappa shape index (κ1) is 13.3. The Morgan fingerprint density at radius 3 is 2.05 bits per heavy atom. The molecule has 3 aromatic rings. The number of nitrogens with zero attached hydrogens (tertiary/aromatic N) is 1. The van der Waals surface area contributed by atoms with Crippen molar-refractivity contribution in [2.75, 3.05) is 0 Å². The van der Waals surface area contributed by atoms with Crippen LogP contribution in [0, 0.1) is 6.92 Å². The van der Waals surface area contributed by atoms with Crippen molar-refractivity contribution >= 4 is 11.6 Å². The molecule has 21 heavy (non-hydrogen) atoms. The zero-order valence-electron chi connectivity index (χ0n) is 12.0. The maximum absolute atomic E-state index is 4.11. The Balaban J connectivity index is 2.10. The van der Waals surface area contributed by atoms with E-state index in [1.165, 1.54) is 27.8 Å². The summed E-state index contributed by atoms with van der Waals surface area (Å²) in [6.07, 6.45) is 5.90. The Labute approximate surface area is 125 Å². The van der Waals surface area contributed by atoms with Crippen molar-refractivity contribution in [2.24, 2.45) is 0 Å². The van der Waals surface area contributed by atoms with Gasteiger partial charge in [0.1, 0.15) is 0 Å². The molecule has 102 valence electrons. The average molecular weight is 271 g/mol. The third-order valence-electron chi connectivity index (χ3n) is 3.46. The molecule has 0 fully saturated rings. The van der Waals surface area contributed by atoms with Gasteiger partial charge in [-0.2, -0.15) is 0 Å². The molecular weight excluding hydrogens is 254 g/mol. The molecule has 0 amide bonds. The van der Waals surface area contributed by atoms with Crippen molar-refractivity contribution in [1.82, 2.24) is 4.98 Å². The number of benzene rings is 2. The van der Waals surface area contributed by atoms with Crippen molar-refractivity contribution in [2.45, 2.75) is 6.92 Å². The van der Waals surface area contributed by atoms with Crippen LogP contribution in [0.1, 0.15) is 22.3 Å². The number of aryl methyl sites for hydroxylation is 1. The summed E-state index contributed by atoms with van der Waals surface area (Å²) in [6, 6.07) is 23.1. The molecular formula is C20H17N. The average Bonchev–Trinajstić information content (AvgIpc) is 2.56. The van der Waals surface area contributed by atoms with Crippen molar-refractivity contribution in [3.8, 4) is 0 Å². The van der Waals surface area contributed by atoms with E-state index in [-0.39, 0.29) is 0 Å². The third-order valence-corrected chi connectivity index (χ3v) is 3.46. The molecule has 1 heterocycles. The normalized spacial score (nSPS) is 11.4. The minimum Gasteiger partial charge on any atom is -0.265 e. The second-order valence-corrected chi connectivity index (χ2v) is 5.07. The molecule has 1 aromatic heterocycles. The van der Waals surface area contributed by atoms with Crippen LogP contribution in [0.25, 0.3) is 11.6 Å². The summed E-state index contributed by atoms with van der Waals surface area (Å²) in [7, 11) is 0. The van der Waals surface area contributed by atoms with Gasteiger partial charge in [0.25, 0.3) is 0 Å². The van der Waals surface area contributed by atoms with E-state index >= 15 is 0 Å². The van der Waals surface area contributed by atoms with Gasteiger partial charge >= 0.3 is 0 Å². The van der Waals surface area contributed by atoms with E-state index in [2.05, 4.69) is 66.5 Å². The third kappa shape index (κ3) is 3.26. The van der Waals surface area contributed by atoms with Crippen LogP contribution >= 0.6 is 0 Å². The van der Waals surface area contributed by atoms with Crippen LogP contribution in [0.5, 0.6) is 0 Å². The summed E-state index contributed by atoms with van der Waals surface area (Å²) in [5.41, 5.74) is 6.08. The molecule has 2 aromatic carbocycles. The highest BCUT2D eigenvalue weighted by Crippen LogP contribution is 2.25. The molecule has 0 spiro atoms. The molecule has 3 rings (SSSR count). The van der Waals surface area contributed by atoms with Crippen molar-refractivity contribution < 1.29 is 0 Å². The maximum atomic E-state index is 4.11. The second kappa shape index (κ2) is 6.19. The largest absolute Gasteiger partial charge is 0.265 e. The monoisotopic (exact) mass is 271 g/mol. The number of aromatic nitrogens is 1. The molecule has 0 N–H and O–H groups in total. The maximum Gasteiger partial charge on any atom is 0.0273 e. The standard InChI is InChI=1S/C20H17N/c1-16-7-9-17(10-8-16)15-20(18-5-3-2-4-6-18)19-11-13-21-14-12-19/h2-15H,1H3. The zero-order valence-corrected chi connectivity index (χ0v) is 12.0. The quantitative estimate of drug-likeness (QED) is 0.612. The van der Waals surface area contributed by atoms with Crippen LogP contribution in [0.2, 0.25) is 0 Å². The highest BCUT2D eigenvalue weighted by atomic mass is 14.6. The SMILES string of the molecule is Cc1ccc(C=C(c2ccccc2)c2ccncc2)cc1. The predicted molar refractivity (Wildman–Crippen MR) is 88.8 cm³/mol. The minimum absolute atomic E-state index is 1.18. The molecule has 0 radical (unpaired) electrons. The Kier molecular flexibility index (Phi) is 3.92. The Hall–Kier alpha value is -2.67. The van der Waals surface area contributed by atoms with Gasteiger partial charge < -0.3 is 0 Å². The van der Waals surface area contributed by atoms with E-state index in [0.29, 0.717) is 0 Å². The van der Waals surface area contributed by atoms with Crippen molar-refractivity contribution in [1.29, 1.82) is 0 Å². The van der Waals surface area contributed by atoms with Gasteiger partial charge in [-0.25, -0.2) is 0 Å². The fourth-order valence-electron chi connectivity index (χ4n) is 2.31. The number of rotatable bonds is 3. The Morgan fingerprint density at radius 2 is 1.38 bits per heavy atom. The lowest BCUT2D eigenvalue weighted by Gasteiger charge is -2.09. The highest BCUT2D eigenvalue weighted by Gasteiger charge is 2.04. The number of hydrogen-bond donors (Lipinski definition) is 0. The summed E-state index contributed by atoms with van der Waals surface area (Å²) in [5, 5.41) is 0. The summed E-state index contributed by atoms with van der Waals surface area (Å²) >= 11 is 0. The summed E-state index contributed by atoms with van der Waals surface area (Å²) in [5.74, 6) is 0. The smallest absolute Gasteiger partial charge is 0.0273 e. The van der Waals surface area contributed by atoms with Gasteiger partial charge in [-0.1, -0.05) is 60.2 Å². The highest BCUT2D eigenvalue weighted by molar-refractivity contribution is 5.91. The van der Waals surface area contributed by atoms with Gasteiger partial charge in [0.05, 0.1) is 0 Å². The van der Waals surface area contributed by atoms with Gasteiger partial charge in [-0.3, -0.25) is 4.98 Å². The van der Waals surface area contributed by atoms with E-state index in [9.17, 15) is 0 Å². The van der Waals surface area contributed by atoms with Gasteiger partial charge in [-0.15, -0.1) is 0 Å². The molecule has 0 unspecified atom stereocenters. The first-order valence-corrected chi connectivity index (χ1v) is 7.07. The number of hydrogen-bond acceptors (Lipinski definition) is 1. The lowest BCUT2D eigenvalue weighted by atomic mass is 9.96. The van der Waals surface area contributed by atoms with Crippen LogP contribution in [0.15, 0.2) is 79.1 Å². The van der Waals surface area contributed by atoms with Gasteiger partial charge in [-0.05, 0) is 47.4 Å². The van der Waals surface area contributed by atoms with Crippen LogP contribution in [0.3, 0.4) is 0 Å². The fraction of sp³-hybridized carbons (Fsp3) is 0.0500. The van der Waals surface area contributed by atoms with E-state index < -0.39 is 0 Å². The molecule has 0 aliphatic heterocycles. The first-order valence-electron chi connectivity index (χ1n) is 7.07. The zero-order chi connectivity index (χ0) is 14.5. The lowest BCUT2D eigenvalue weighted by Crippen LogP contribution is -1.88. The predicted octanol–water partition coefficient (Wildman–Crippen LogP) is 4.98. The molecule has 1 nitrogen and oxygen atoms in total. The van der Waals surface area contributed by atoms with E-state index in [1.54, 1.807) is 0 Å². The Bertz CT molecular complexity index is 684. The van der Waals surface area contributed by atoms with Crippen LogP contribution in [-0.4, -0.2) is 4.98 Å². The molecule has 0 atom stereocenters. The van der Waals surface area contributed by atoms with E-state index in [4.69, 9.17) is 0 Å². The van der Waals surface area contributed by atoms with Crippen LogP contribution in [0.4, 0.5) is 0 Å². The Morgan fingerprint density at radius 1 is 0.762 bits per heavy atom. The first-order chi connectivity index (χ1) is 10.3. The number of pyridine rings is 1. The summed E-state index contributed by atoms with van der Waals surface area (Å²) < 4.78 is 0. The van der Waals surface area contributed by atoms with E-state index in [0.717, 1.165) is 0 Å². The van der Waals surface area contributed by atoms with Crippen LogP contribution < -0.4 is 0 Å². The topological polar surface area (TPSA) is 12.9 Å². The fourth-order valence-corrected chi connectivity index (χ4v) is 2.31. The van der Waals surface area contributed by atoms with Crippen molar-refractivity contribution in [3.05, 3.63) is 101 Å². The van der Waals surface area contributed by atoms with E-state index in [1.807, 2.05) is 30.6 Å².